The quantitative estimate of drug-likeness (QED) is 0.635. The zero-order chi connectivity index (χ0) is 22.6. The molecule has 2 aromatic rings. The van der Waals surface area contributed by atoms with Crippen molar-refractivity contribution in [1.29, 1.82) is 0 Å². The van der Waals surface area contributed by atoms with Crippen molar-refractivity contribution >= 4 is 17.4 Å². The van der Waals surface area contributed by atoms with Crippen LogP contribution < -0.4 is 10.6 Å². The van der Waals surface area contributed by atoms with Crippen LogP contribution in [0.1, 0.15) is 59.7 Å². The summed E-state index contributed by atoms with van der Waals surface area (Å²) in [5, 5.41) is 5.96. The normalized spacial score (nSPS) is 15.2. The molecule has 2 heterocycles. The fourth-order valence-corrected chi connectivity index (χ4v) is 3.71. The molecule has 5 nitrogen and oxygen atoms in total. The van der Waals surface area contributed by atoms with Gasteiger partial charge < -0.3 is 15.4 Å². The van der Waals surface area contributed by atoms with Crippen LogP contribution in [0.5, 0.6) is 0 Å². The fourth-order valence-electron chi connectivity index (χ4n) is 3.71. The number of aromatic nitrogens is 1. The van der Waals surface area contributed by atoms with E-state index < -0.39 is 11.7 Å². The Morgan fingerprint density at radius 3 is 2.61 bits per heavy atom. The van der Waals surface area contributed by atoms with E-state index in [1.165, 1.54) is 19.2 Å². The highest BCUT2D eigenvalue weighted by molar-refractivity contribution is 5.96. The zero-order valence-corrected chi connectivity index (χ0v) is 18.0. The predicted molar refractivity (Wildman–Crippen MR) is 114 cm³/mol. The van der Waals surface area contributed by atoms with E-state index in [1.807, 2.05) is 13.8 Å². The number of hydrogen-bond donors (Lipinski definition) is 2. The second kappa shape index (κ2) is 9.68. The molecule has 2 N–H and O–H groups in total. The summed E-state index contributed by atoms with van der Waals surface area (Å²) < 4.78 is 44.9. The van der Waals surface area contributed by atoms with Gasteiger partial charge in [0.15, 0.2) is 0 Å². The van der Waals surface area contributed by atoms with Crippen molar-refractivity contribution in [2.24, 2.45) is 5.92 Å². The topological polar surface area (TPSA) is 63.2 Å². The lowest BCUT2D eigenvalue weighted by molar-refractivity contribution is -0.138. The molecule has 0 aliphatic carbocycles. The molecule has 0 unspecified atom stereocenters. The van der Waals surface area contributed by atoms with Gasteiger partial charge in [0.2, 0.25) is 0 Å². The van der Waals surface area contributed by atoms with E-state index in [4.69, 9.17) is 4.74 Å². The molecule has 0 saturated carbocycles. The minimum Gasteiger partial charge on any atom is -0.381 e. The summed E-state index contributed by atoms with van der Waals surface area (Å²) in [7, 11) is 0. The molecule has 0 bridgehead atoms. The van der Waals surface area contributed by atoms with Crippen molar-refractivity contribution in [2.45, 2.75) is 45.7 Å². The van der Waals surface area contributed by atoms with Crippen molar-refractivity contribution in [2.75, 3.05) is 25.1 Å². The summed E-state index contributed by atoms with van der Waals surface area (Å²) in [4.78, 5) is 17.1. The Kier molecular flexibility index (Phi) is 7.20. The van der Waals surface area contributed by atoms with Crippen LogP contribution in [-0.2, 0) is 10.9 Å². The number of alkyl halides is 3. The third-order valence-corrected chi connectivity index (χ3v) is 5.60. The highest BCUT2D eigenvalue weighted by Gasteiger charge is 2.33. The van der Waals surface area contributed by atoms with Gasteiger partial charge in [0.25, 0.3) is 5.91 Å². The van der Waals surface area contributed by atoms with E-state index in [2.05, 4.69) is 15.6 Å². The first-order valence-corrected chi connectivity index (χ1v) is 10.5. The summed E-state index contributed by atoms with van der Waals surface area (Å²) in [5.74, 6) is 0.643. The van der Waals surface area contributed by atoms with Gasteiger partial charge in [0.1, 0.15) is 5.82 Å². The molecule has 1 aliphatic heterocycles. The summed E-state index contributed by atoms with van der Waals surface area (Å²) in [6.07, 6.45) is -1.09. The van der Waals surface area contributed by atoms with Gasteiger partial charge in [0, 0.05) is 31.6 Å². The zero-order valence-electron chi connectivity index (χ0n) is 18.0. The van der Waals surface area contributed by atoms with Gasteiger partial charge in [-0.25, -0.2) is 4.98 Å². The molecule has 31 heavy (non-hydrogen) atoms. The van der Waals surface area contributed by atoms with Crippen molar-refractivity contribution in [3.63, 3.8) is 0 Å². The molecule has 0 spiro atoms. The molecule has 1 aliphatic rings. The molecular weight excluding hydrogens is 407 g/mol. The lowest BCUT2D eigenvalue weighted by Gasteiger charge is -2.22. The minimum atomic E-state index is -4.43. The Balaban J connectivity index is 1.78. The second-order valence-electron chi connectivity index (χ2n) is 8.18. The molecule has 1 aromatic heterocycles. The number of benzene rings is 1. The van der Waals surface area contributed by atoms with Gasteiger partial charge in [-0.05, 0) is 60.9 Å². The fraction of sp³-hybridized carbons (Fsp3) is 0.478. The highest BCUT2D eigenvalue weighted by atomic mass is 19.4. The number of nitrogens with one attached hydrogen (secondary N) is 2. The Labute approximate surface area is 180 Å². The van der Waals surface area contributed by atoms with Crippen LogP contribution in [0.25, 0.3) is 0 Å². The molecule has 1 aromatic carbocycles. The number of pyridine rings is 1. The molecular formula is C23H28F3N3O2. The Morgan fingerprint density at radius 1 is 1.26 bits per heavy atom. The molecule has 3 rings (SSSR count). The van der Waals surface area contributed by atoms with E-state index in [9.17, 15) is 18.0 Å². The number of carbonyl (C=O) groups excluding carboxylic acids is 1. The average Bonchev–Trinajstić information content (AvgIpc) is 2.73. The number of halogens is 3. The van der Waals surface area contributed by atoms with Crippen molar-refractivity contribution in [1.82, 2.24) is 10.3 Å². The van der Waals surface area contributed by atoms with Crippen LogP contribution in [0.2, 0.25) is 0 Å². The molecule has 8 heteroatoms. The van der Waals surface area contributed by atoms with E-state index >= 15 is 0 Å². The molecule has 0 radical (unpaired) electrons. The highest BCUT2D eigenvalue weighted by Crippen LogP contribution is 2.35. The van der Waals surface area contributed by atoms with Crippen LogP contribution in [0.15, 0.2) is 30.5 Å². The van der Waals surface area contributed by atoms with Gasteiger partial charge in [-0.2, -0.15) is 13.2 Å². The van der Waals surface area contributed by atoms with E-state index in [0.29, 0.717) is 42.7 Å². The first-order valence-electron chi connectivity index (χ1n) is 10.5. The van der Waals surface area contributed by atoms with Crippen molar-refractivity contribution < 1.29 is 22.7 Å². The standard InChI is InChI=1S/C23H28F3N3O2/c1-14(2)17-11-21(29-20-6-4-5-19(15(20)3)23(24,25)26)27-13-18(17)22(30)28-12-16-7-9-31-10-8-16/h4-6,11,13-14,16H,7-10,12H2,1-3H3,(H,27,29)(H,28,30). The smallest absolute Gasteiger partial charge is 0.381 e. The third kappa shape index (κ3) is 5.76. The maximum absolute atomic E-state index is 13.2. The molecule has 1 fully saturated rings. The van der Waals surface area contributed by atoms with Gasteiger partial charge >= 0.3 is 6.18 Å². The van der Waals surface area contributed by atoms with Crippen LogP contribution in [0, 0.1) is 12.8 Å². The summed E-state index contributed by atoms with van der Waals surface area (Å²) >= 11 is 0. The van der Waals surface area contributed by atoms with Crippen LogP contribution in [-0.4, -0.2) is 30.6 Å². The van der Waals surface area contributed by atoms with Crippen molar-refractivity contribution in [3.05, 3.63) is 52.7 Å². The first kappa shape index (κ1) is 23.1. The number of carbonyl (C=O) groups is 1. The number of nitrogens with zero attached hydrogens (tertiary/aromatic N) is 1. The van der Waals surface area contributed by atoms with E-state index in [0.717, 1.165) is 24.5 Å². The van der Waals surface area contributed by atoms with E-state index in [-0.39, 0.29) is 17.4 Å². The van der Waals surface area contributed by atoms with Gasteiger partial charge in [-0.15, -0.1) is 0 Å². The van der Waals surface area contributed by atoms with Gasteiger partial charge in [-0.3, -0.25) is 4.79 Å². The summed E-state index contributed by atoms with van der Waals surface area (Å²) in [6.45, 7) is 7.37. The SMILES string of the molecule is Cc1c(Nc2cc(C(C)C)c(C(=O)NCC3CCOCC3)cn2)cccc1C(F)(F)F. The maximum atomic E-state index is 13.2. The first-order chi connectivity index (χ1) is 14.7. The summed E-state index contributed by atoms with van der Waals surface area (Å²) in [5.41, 5.74) is 1.00. The largest absolute Gasteiger partial charge is 0.416 e. The van der Waals surface area contributed by atoms with E-state index in [1.54, 1.807) is 12.1 Å². The average molecular weight is 435 g/mol. The van der Waals surface area contributed by atoms with Gasteiger partial charge in [0.05, 0.1) is 11.1 Å². The third-order valence-electron chi connectivity index (χ3n) is 5.60. The number of hydrogen-bond acceptors (Lipinski definition) is 4. The lowest BCUT2D eigenvalue weighted by atomic mass is 9.97. The number of amides is 1. The Morgan fingerprint density at radius 2 is 1.97 bits per heavy atom. The van der Waals surface area contributed by atoms with Crippen LogP contribution in [0.4, 0.5) is 24.7 Å². The maximum Gasteiger partial charge on any atom is 0.416 e. The molecule has 1 amide bonds. The Bertz CT molecular complexity index is 923. The van der Waals surface area contributed by atoms with Gasteiger partial charge in [-0.1, -0.05) is 19.9 Å². The summed E-state index contributed by atoms with van der Waals surface area (Å²) in [6, 6.07) is 5.72. The van der Waals surface area contributed by atoms with Crippen molar-refractivity contribution in [3.8, 4) is 0 Å². The molecule has 168 valence electrons. The monoisotopic (exact) mass is 435 g/mol. The molecule has 1 saturated heterocycles. The lowest BCUT2D eigenvalue weighted by Crippen LogP contribution is -2.32. The Hall–Kier alpha value is -2.61. The second-order valence-corrected chi connectivity index (χ2v) is 8.18. The molecule has 0 atom stereocenters. The minimum absolute atomic E-state index is 0.0370. The number of anilines is 2. The predicted octanol–water partition coefficient (Wildman–Crippen LogP) is 5.43. The number of rotatable bonds is 6. The number of ether oxygens (including phenoxy) is 1. The van der Waals surface area contributed by atoms with Crippen LogP contribution >= 0.6 is 0 Å². The van der Waals surface area contributed by atoms with Crippen LogP contribution in [0.3, 0.4) is 0 Å².